The maximum Gasteiger partial charge on any atom is 0.193 e. The van der Waals surface area contributed by atoms with Gasteiger partial charge in [0, 0.05) is 23.1 Å². The highest BCUT2D eigenvalue weighted by Gasteiger charge is 2.25. The van der Waals surface area contributed by atoms with Crippen molar-refractivity contribution in [2.24, 2.45) is 0 Å². The van der Waals surface area contributed by atoms with Crippen molar-refractivity contribution in [1.29, 1.82) is 0 Å². The van der Waals surface area contributed by atoms with Crippen LogP contribution in [0.5, 0.6) is 5.75 Å². The topological polar surface area (TPSA) is 26.3 Å². The van der Waals surface area contributed by atoms with E-state index in [1.165, 1.54) is 0 Å². The molecule has 0 fully saturated rings. The van der Waals surface area contributed by atoms with Crippen molar-refractivity contribution >= 4 is 5.78 Å². The summed E-state index contributed by atoms with van der Waals surface area (Å²) in [6, 6.07) is 13.6. The van der Waals surface area contributed by atoms with Crippen molar-refractivity contribution in [3.63, 3.8) is 0 Å². The lowest BCUT2D eigenvalue weighted by Crippen LogP contribution is -2.16. The lowest BCUT2D eigenvalue weighted by molar-refractivity contribution is 0.103. The smallest absolute Gasteiger partial charge is 0.193 e. The van der Waals surface area contributed by atoms with Gasteiger partial charge in [0.2, 0.25) is 0 Å². The van der Waals surface area contributed by atoms with Gasteiger partial charge in [-0.25, -0.2) is 0 Å². The summed E-state index contributed by atoms with van der Waals surface area (Å²) in [7, 11) is 0. The first-order valence-corrected chi connectivity index (χ1v) is 6.68. The van der Waals surface area contributed by atoms with E-state index in [0.717, 1.165) is 40.8 Å². The van der Waals surface area contributed by atoms with Crippen LogP contribution in [0.1, 0.15) is 40.4 Å². The predicted octanol–water partition coefficient (Wildman–Crippen LogP) is 3.61. The van der Waals surface area contributed by atoms with Crippen LogP contribution in [0.15, 0.2) is 42.5 Å². The van der Waals surface area contributed by atoms with Gasteiger partial charge in [-0.15, -0.1) is 0 Å². The fraction of sp³-hybridized carbons (Fsp3) is 0.235. The van der Waals surface area contributed by atoms with Gasteiger partial charge >= 0.3 is 0 Å². The number of rotatable bonds is 3. The minimum Gasteiger partial charge on any atom is -0.493 e. The first kappa shape index (κ1) is 12.0. The molecule has 0 N–H and O–H groups in total. The molecule has 2 heteroatoms. The Hall–Kier alpha value is -2.09. The third-order valence-electron chi connectivity index (χ3n) is 3.47. The van der Waals surface area contributed by atoms with Gasteiger partial charge in [-0.05, 0) is 18.1 Å². The van der Waals surface area contributed by atoms with E-state index in [1.807, 2.05) is 42.5 Å². The Morgan fingerprint density at radius 2 is 1.84 bits per heavy atom. The number of carbonyl (C=O) groups excluding carboxylic acids is 1. The first-order chi connectivity index (χ1) is 9.31. The monoisotopic (exact) mass is 252 g/mol. The van der Waals surface area contributed by atoms with Crippen LogP contribution in [0.3, 0.4) is 0 Å². The third kappa shape index (κ3) is 2.03. The van der Waals surface area contributed by atoms with Crippen LogP contribution in [-0.2, 0) is 6.42 Å². The number of fused-ring (bicyclic) bond motifs is 2. The van der Waals surface area contributed by atoms with E-state index in [0.29, 0.717) is 6.61 Å². The van der Waals surface area contributed by atoms with Crippen LogP contribution in [0.2, 0.25) is 0 Å². The van der Waals surface area contributed by atoms with Gasteiger partial charge in [0.25, 0.3) is 0 Å². The summed E-state index contributed by atoms with van der Waals surface area (Å²) in [6.07, 6.45) is 1.74. The average molecular weight is 252 g/mol. The lowest BCUT2D eigenvalue weighted by Gasteiger charge is -2.21. The molecule has 1 aliphatic rings. The average Bonchev–Trinajstić information content (AvgIpc) is 2.46. The zero-order valence-electron chi connectivity index (χ0n) is 11.0. The van der Waals surface area contributed by atoms with E-state index in [4.69, 9.17) is 4.74 Å². The molecule has 96 valence electrons. The Morgan fingerprint density at radius 3 is 2.68 bits per heavy atom. The van der Waals surface area contributed by atoms with E-state index in [1.54, 1.807) is 0 Å². The Bertz CT molecular complexity index is 629. The fourth-order valence-electron chi connectivity index (χ4n) is 2.54. The molecule has 0 saturated carbocycles. The molecular weight excluding hydrogens is 236 g/mol. The van der Waals surface area contributed by atoms with Crippen molar-refractivity contribution in [3.8, 4) is 5.75 Å². The van der Waals surface area contributed by atoms with Crippen LogP contribution in [0.25, 0.3) is 0 Å². The molecule has 0 heterocycles. The van der Waals surface area contributed by atoms with E-state index in [9.17, 15) is 4.79 Å². The maximum atomic E-state index is 12.5. The second-order valence-electron chi connectivity index (χ2n) is 4.79. The molecule has 0 atom stereocenters. The highest BCUT2D eigenvalue weighted by molar-refractivity contribution is 6.12. The molecule has 0 radical (unpaired) electrons. The van der Waals surface area contributed by atoms with Gasteiger partial charge < -0.3 is 4.74 Å². The Kier molecular flexibility index (Phi) is 3.08. The number of ketones is 1. The van der Waals surface area contributed by atoms with Crippen LogP contribution in [0, 0.1) is 0 Å². The molecule has 0 bridgehead atoms. The summed E-state index contributed by atoms with van der Waals surface area (Å²) in [5, 5.41) is 0. The predicted molar refractivity (Wildman–Crippen MR) is 74.9 cm³/mol. The van der Waals surface area contributed by atoms with Gasteiger partial charge in [0.05, 0.1) is 6.61 Å². The zero-order valence-corrected chi connectivity index (χ0v) is 11.0. The molecule has 2 aromatic rings. The largest absolute Gasteiger partial charge is 0.493 e. The summed E-state index contributed by atoms with van der Waals surface area (Å²) >= 11 is 0. The van der Waals surface area contributed by atoms with E-state index in [-0.39, 0.29) is 5.78 Å². The van der Waals surface area contributed by atoms with Crippen molar-refractivity contribution in [2.45, 2.75) is 19.8 Å². The normalized spacial score (nSPS) is 12.8. The maximum absolute atomic E-state index is 12.5. The minimum atomic E-state index is 0.110. The van der Waals surface area contributed by atoms with Crippen LogP contribution >= 0.6 is 0 Å². The molecule has 19 heavy (non-hydrogen) atoms. The number of ether oxygens (including phenoxy) is 1. The Labute approximate surface area is 113 Å². The fourth-order valence-corrected chi connectivity index (χ4v) is 2.54. The number of benzene rings is 2. The van der Waals surface area contributed by atoms with Gasteiger partial charge in [-0.3, -0.25) is 4.79 Å². The summed E-state index contributed by atoms with van der Waals surface area (Å²) < 4.78 is 5.76. The molecule has 0 saturated heterocycles. The molecule has 2 aromatic carbocycles. The van der Waals surface area contributed by atoms with Crippen molar-refractivity contribution in [2.75, 3.05) is 6.61 Å². The number of hydrogen-bond donors (Lipinski definition) is 0. The van der Waals surface area contributed by atoms with Gasteiger partial charge in [-0.1, -0.05) is 43.3 Å². The van der Waals surface area contributed by atoms with Crippen LogP contribution in [-0.4, -0.2) is 12.4 Å². The minimum absolute atomic E-state index is 0.110. The lowest BCUT2D eigenvalue weighted by atomic mass is 9.84. The van der Waals surface area contributed by atoms with Gasteiger partial charge in [0.1, 0.15) is 5.75 Å². The summed E-state index contributed by atoms with van der Waals surface area (Å²) in [6.45, 7) is 2.77. The van der Waals surface area contributed by atoms with E-state index >= 15 is 0 Å². The second-order valence-corrected chi connectivity index (χ2v) is 4.79. The molecule has 0 spiro atoms. The second kappa shape index (κ2) is 4.88. The summed E-state index contributed by atoms with van der Waals surface area (Å²) in [5.41, 5.74) is 3.72. The van der Waals surface area contributed by atoms with Crippen molar-refractivity contribution in [1.82, 2.24) is 0 Å². The Morgan fingerprint density at radius 1 is 1.05 bits per heavy atom. The molecule has 1 aliphatic carbocycles. The number of hydrogen-bond acceptors (Lipinski definition) is 2. The SMILES string of the molecule is CCCOc1cccc2c1Cc1ccccc1C2=O. The summed E-state index contributed by atoms with van der Waals surface area (Å²) in [4.78, 5) is 12.5. The molecule has 0 aliphatic heterocycles. The highest BCUT2D eigenvalue weighted by atomic mass is 16.5. The van der Waals surface area contributed by atoms with Crippen molar-refractivity contribution < 1.29 is 9.53 Å². The summed E-state index contributed by atoms with van der Waals surface area (Å²) in [5.74, 6) is 0.959. The van der Waals surface area contributed by atoms with Crippen molar-refractivity contribution in [3.05, 3.63) is 64.7 Å². The molecule has 2 nitrogen and oxygen atoms in total. The third-order valence-corrected chi connectivity index (χ3v) is 3.47. The Balaban J connectivity index is 2.07. The van der Waals surface area contributed by atoms with E-state index in [2.05, 4.69) is 6.92 Å². The quantitative estimate of drug-likeness (QED) is 0.711. The first-order valence-electron chi connectivity index (χ1n) is 6.68. The van der Waals surface area contributed by atoms with Crippen LogP contribution in [0.4, 0.5) is 0 Å². The standard InChI is InChI=1S/C17H16O2/c1-2-10-19-16-9-5-8-14-15(16)11-12-6-3-4-7-13(12)17(14)18/h3-9H,2,10-11H2,1H3. The van der Waals surface area contributed by atoms with Crippen LogP contribution < -0.4 is 4.74 Å². The number of carbonyl (C=O) groups is 1. The molecule has 0 amide bonds. The van der Waals surface area contributed by atoms with Gasteiger partial charge in [0.15, 0.2) is 5.78 Å². The highest BCUT2D eigenvalue weighted by Crippen LogP contribution is 2.33. The zero-order chi connectivity index (χ0) is 13.2. The molecular formula is C17H16O2. The molecule has 3 rings (SSSR count). The van der Waals surface area contributed by atoms with E-state index < -0.39 is 0 Å². The van der Waals surface area contributed by atoms with Gasteiger partial charge in [-0.2, -0.15) is 0 Å². The molecule has 0 unspecified atom stereocenters. The molecule has 0 aromatic heterocycles.